The van der Waals surface area contributed by atoms with Crippen LogP contribution in [-0.2, 0) is 31.6 Å². The van der Waals surface area contributed by atoms with Crippen LogP contribution in [-0.4, -0.2) is 78.0 Å². The summed E-state index contributed by atoms with van der Waals surface area (Å²) < 4.78 is 75.8. The fourth-order valence-corrected chi connectivity index (χ4v) is 10.9. The zero-order chi connectivity index (χ0) is 50.6. The smallest absolute Gasteiger partial charge is 0.336 e. The van der Waals surface area contributed by atoms with Crippen LogP contribution < -0.4 is 30.8 Å². The molecule has 0 fully saturated rings. The summed E-state index contributed by atoms with van der Waals surface area (Å²) in [4.78, 5) is 47.3. The largest absolute Gasteiger partial charge is 0.478 e. The van der Waals surface area contributed by atoms with E-state index in [4.69, 9.17) is 9.73 Å². The molecule has 15 nitrogen and oxygen atoms in total. The number of unbranched alkanes of at least 4 members (excludes halogenated alkanes) is 2. The first kappa shape index (κ1) is 48.7. The third-order valence-corrected chi connectivity index (χ3v) is 13.9. The van der Waals surface area contributed by atoms with E-state index in [9.17, 15) is 45.4 Å². The molecule has 4 heterocycles. The Hall–Kier alpha value is -7.36. The van der Waals surface area contributed by atoms with Crippen LogP contribution in [0.15, 0.2) is 108 Å². The maximum Gasteiger partial charge on any atom is 0.336 e. The predicted octanol–water partition coefficient (Wildman–Crippen LogP) is 7.13. The first-order valence-electron chi connectivity index (χ1n) is 22.9. The number of anilines is 2. The van der Waals surface area contributed by atoms with E-state index in [2.05, 4.69) is 22.5 Å². The second-order valence-corrected chi connectivity index (χ2v) is 22.1. The minimum absolute atomic E-state index is 0.0433. The summed E-state index contributed by atoms with van der Waals surface area (Å²) in [7, 11) is -9.05. The molecule has 5 N–H and O–H groups in total. The molecule has 0 aromatic heterocycles. The van der Waals surface area contributed by atoms with E-state index in [0.717, 1.165) is 22.4 Å². The lowest BCUT2D eigenvalue weighted by molar-refractivity contribution is -0.118. The molecule has 0 unspecified atom stereocenters. The molecule has 0 spiro atoms. The number of nitrogens with one attached hydrogen (secondary N) is 2. The van der Waals surface area contributed by atoms with Crippen molar-refractivity contribution in [3.63, 3.8) is 0 Å². The van der Waals surface area contributed by atoms with Crippen LogP contribution in [0.5, 0.6) is 11.5 Å². The summed E-state index contributed by atoms with van der Waals surface area (Å²) in [5, 5.41) is 17.8. The average Bonchev–Trinajstić information content (AvgIpc) is 3.27. The normalized spacial score (nSPS) is 15.8. The molecule has 0 saturated carbocycles. The molecule has 9 rings (SSSR count). The van der Waals surface area contributed by atoms with Crippen molar-refractivity contribution in [2.24, 2.45) is 4.99 Å². The van der Waals surface area contributed by atoms with Gasteiger partial charge in [-0.15, -0.1) is 0 Å². The first-order valence-corrected chi connectivity index (χ1v) is 26.2. The molecule has 0 bridgehead atoms. The number of hydrogen-bond donors (Lipinski definition) is 5. The summed E-state index contributed by atoms with van der Waals surface area (Å²) >= 11 is 0. The number of carbonyl (C=O) groups excluding carboxylic acids is 2. The highest BCUT2D eigenvalue weighted by atomic mass is 32.2. The van der Waals surface area contributed by atoms with Crippen molar-refractivity contribution in [2.75, 3.05) is 28.3 Å². The van der Waals surface area contributed by atoms with Gasteiger partial charge in [0, 0.05) is 75.0 Å². The monoisotopic (exact) mass is 994 g/mol. The number of carboxylic acids is 1. The van der Waals surface area contributed by atoms with Crippen LogP contribution in [0.2, 0.25) is 0 Å². The molecule has 0 aliphatic carbocycles. The van der Waals surface area contributed by atoms with Crippen molar-refractivity contribution in [1.29, 1.82) is 0 Å². The third-order valence-electron chi connectivity index (χ3n) is 12.6. The molecule has 2 amide bonds. The van der Waals surface area contributed by atoms with Crippen LogP contribution >= 0.6 is 0 Å². The maximum atomic E-state index is 13.7. The van der Waals surface area contributed by atoms with E-state index < -0.39 is 54.7 Å². The predicted molar refractivity (Wildman–Crippen MR) is 270 cm³/mol. The highest BCUT2D eigenvalue weighted by Gasteiger charge is 2.33. The van der Waals surface area contributed by atoms with Crippen molar-refractivity contribution >= 4 is 66.1 Å². The minimum atomic E-state index is -4.53. The SMILES string of the molecule is CC1(C)C=C(CS(=O)(=O)O)c2cc3c(cc2=N1)Oc1cc2c(cc1C=3c1ccc(C(=O)NCCCCCC(=O)N3Cc4ccccc4C#Cc4ccccc43)cc1C(=O)O)C(CS(=O)(=O)O)=CC(C)(C)N2. The van der Waals surface area contributed by atoms with Crippen molar-refractivity contribution in [3.8, 4) is 23.3 Å². The molecule has 5 aromatic carbocycles. The van der Waals surface area contributed by atoms with E-state index in [-0.39, 0.29) is 58.2 Å². The van der Waals surface area contributed by atoms with E-state index >= 15 is 0 Å². The number of nitrogens with zero attached hydrogens (tertiary/aromatic N) is 2. The molecule has 5 aromatic rings. The van der Waals surface area contributed by atoms with Gasteiger partial charge in [0.15, 0.2) is 0 Å². The molecular weight excluding hydrogens is 945 g/mol. The number of hydrogen-bond acceptors (Lipinski definition) is 10. The summed E-state index contributed by atoms with van der Waals surface area (Å²) in [5.41, 5.74) is 4.08. The molecule has 364 valence electrons. The Morgan fingerprint density at radius 2 is 1.45 bits per heavy atom. The fraction of sp³-hybridized carbons (Fsp3) is 0.259. The van der Waals surface area contributed by atoms with E-state index in [0.29, 0.717) is 64.3 Å². The van der Waals surface area contributed by atoms with Gasteiger partial charge in [0.2, 0.25) is 5.91 Å². The Balaban J connectivity index is 1.01. The Morgan fingerprint density at radius 1 is 0.761 bits per heavy atom. The fourth-order valence-electron chi connectivity index (χ4n) is 9.66. The molecule has 0 atom stereocenters. The van der Waals surface area contributed by atoms with Gasteiger partial charge < -0.3 is 25.4 Å². The Morgan fingerprint density at radius 3 is 2.18 bits per heavy atom. The quantitative estimate of drug-likeness (QED) is 0.0442. The van der Waals surface area contributed by atoms with Crippen LogP contribution in [0.3, 0.4) is 0 Å². The van der Waals surface area contributed by atoms with Crippen LogP contribution in [0.4, 0.5) is 11.4 Å². The summed E-state index contributed by atoms with van der Waals surface area (Å²) in [6.07, 6.45) is 5.33. The van der Waals surface area contributed by atoms with Gasteiger partial charge in [-0.1, -0.05) is 66.8 Å². The molecule has 4 aliphatic heterocycles. The lowest BCUT2D eigenvalue weighted by atomic mass is 9.84. The molecule has 17 heteroatoms. The number of fused-ring (bicyclic) bond motifs is 6. The van der Waals surface area contributed by atoms with E-state index in [1.807, 2.05) is 62.4 Å². The summed E-state index contributed by atoms with van der Waals surface area (Å²) in [5.74, 6) is 3.57. The van der Waals surface area contributed by atoms with Gasteiger partial charge in [-0.3, -0.25) is 23.7 Å². The zero-order valence-corrected chi connectivity index (χ0v) is 40.9. The molecule has 0 saturated heterocycles. The van der Waals surface area contributed by atoms with Crippen LogP contribution in [0, 0.1) is 11.8 Å². The number of carbonyl (C=O) groups is 3. The lowest BCUT2D eigenvalue weighted by Crippen LogP contribution is -2.33. The van der Waals surface area contributed by atoms with Gasteiger partial charge in [-0.05, 0) is 105 Å². The van der Waals surface area contributed by atoms with Crippen LogP contribution in [0.1, 0.15) is 113 Å². The third kappa shape index (κ3) is 10.6. The Labute approximate surface area is 411 Å². The standard InChI is InChI=1S/C54H50N4O11S2/c1-53(2)27-36(30-70(63,64)65)39-23-42-47(25-44(39)56-53)69-48-26-45-40(37(31-71(66,67)68)28-54(3,4)57-45)24-43(48)50(42)38-20-19-34(22-41(38)52(61)62)51(60)55-21-11-5-6-16-49(59)58-29-35-14-8-7-12-32(35)17-18-33-13-9-10-15-46(33)58/h7-10,12-15,19-20,22-28,56H,5-6,11,16,21,29-31H2,1-4H3,(H,55,60)(H,61,62)(H,63,64,65)(H,66,67,68). The van der Waals surface area contributed by atoms with Gasteiger partial charge in [0.1, 0.15) is 23.0 Å². The van der Waals surface area contributed by atoms with E-state index in [1.165, 1.54) is 18.2 Å². The topological polar surface area (TPSA) is 229 Å². The number of para-hydroxylation sites is 1. The zero-order valence-electron chi connectivity index (χ0n) is 39.3. The van der Waals surface area contributed by atoms with Crippen molar-refractivity contribution in [1.82, 2.24) is 5.32 Å². The minimum Gasteiger partial charge on any atom is -0.478 e. The Bertz CT molecular complexity index is 3620. The molecule has 0 radical (unpaired) electrons. The number of aromatic carboxylic acids is 1. The Kier molecular flexibility index (Phi) is 12.6. The number of benzene rings is 5. The van der Waals surface area contributed by atoms with Gasteiger partial charge >= 0.3 is 5.97 Å². The highest BCUT2D eigenvalue weighted by molar-refractivity contribution is 7.86. The number of carboxylic acid groups (broad SMARTS) is 1. The number of amides is 2. The molecule has 4 aliphatic rings. The van der Waals surface area contributed by atoms with Crippen LogP contribution in [0.25, 0.3) is 16.7 Å². The lowest BCUT2D eigenvalue weighted by Gasteiger charge is -2.34. The molecular formula is C54H50N4O11S2. The summed E-state index contributed by atoms with van der Waals surface area (Å²) in [6, 6.07) is 26.2. The first-order chi connectivity index (χ1) is 33.5. The van der Waals surface area contributed by atoms with E-state index in [1.54, 1.807) is 55.2 Å². The highest BCUT2D eigenvalue weighted by Crippen LogP contribution is 2.45. The number of rotatable bonds is 13. The van der Waals surface area contributed by atoms with Gasteiger partial charge in [0.05, 0.1) is 34.2 Å². The van der Waals surface area contributed by atoms with Gasteiger partial charge in [-0.2, -0.15) is 16.8 Å². The molecule has 71 heavy (non-hydrogen) atoms. The summed E-state index contributed by atoms with van der Waals surface area (Å²) in [6.45, 7) is 7.85. The second kappa shape index (κ2) is 18.4. The average molecular weight is 995 g/mol. The van der Waals surface area contributed by atoms with Gasteiger partial charge in [-0.25, -0.2) is 4.79 Å². The van der Waals surface area contributed by atoms with Crippen molar-refractivity contribution in [2.45, 2.75) is 71.0 Å². The second-order valence-electron chi connectivity index (χ2n) is 19.2. The maximum absolute atomic E-state index is 13.7. The van der Waals surface area contributed by atoms with Crippen molar-refractivity contribution < 1.29 is 50.2 Å². The van der Waals surface area contributed by atoms with Crippen molar-refractivity contribution in [3.05, 3.63) is 164 Å². The van der Waals surface area contributed by atoms with Gasteiger partial charge in [0.25, 0.3) is 26.1 Å². The number of ether oxygens (including phenoxy) is 1.